The second-order valence-electron chi connectivity index (χ2n) is 1.95. The maximum absolute atomic E-state index is 10.4. The molecule has 6 heteroatoms. The van der Waals surface area contributed by atoms with Crippen LogP contribution in [0.1, 0.15) is 12.7 Å². The highest BCUT2D eigenvalue weighted by Gasteiger charge is 1.97. The number of nitrogens with one attached hydrogen (secondary N) is 2. The van der Waals surface area contributed by atoms with Crippen molar-refractivity contribution < 1.29 is 4.79 Å². The molecule has 0 aromatic carbocycles. The minimum absolute atomic E-state index is 0.155. The maximum Gasteiger partial charge on any atom is 0.235 e. The van der Waals surface area contributed by atoms with E-state index in [1.807, 2.05) is 0 Å². The van der Waals surface area contributed by atoms with E-state index in [1.54, 1.807) is 6.92 Å². The number of aryl methyl sites for hydroxylation is 1. The van der Waals surface area contributed by atoms with Crippen molar-refractivity contribution >= 4 is 22.6 Å². The predicted octanol–water partition coefficient (Wildman–Crippen LogP) is 0.310. The van der Waals surface area contributed by atoms with Crippen LogP contribution in [-0.4, -0.2) is 15.3 Å². The molecule has 60 valence electrons. The van der Waals surface area contributed by atoms with Gasteiger partial charge >= 0.3 is 0 Å². The van der Waals surface area contributed by atoms with Crippen molar-refractivity contribution in [2.75, 3.05) is 5.43 Å². The number of hydrogen-bond donors (Lipinski definition) is 2. The van der Waals surface area contributed by atoms with E-state index in [4.69, 9.17) is 0 Å². The van der Waals surface area contributed by atoms with Crippen molar-refractivity contribution in [2.24, 2.45) is 0 Å². The number of carbonyl (C=O) groups excluding carboxylic acids is 1. The SMILES string of the molecule is CC(=O)NNc1nc(C)ns1. The Balaban J connectivity index is 2.45. The predicted molar refractivity (Wildman–Crippen MR) is 42.1 cm³/mol. The highest BCUT2D eigenvalue weighted by atomic mass is 32.1. The Morgan fingerprint density at radius 2 is 2.36 bits per heavy atom. The third-order valence-electron chi connectivity index (χ3n) is 0.873. The molecule has 11 heavy (non-hydrogen) atoms. The van der Waals surface area contributed by atoms with Crippen LogP contribution >= 0.6 is 11.5 Å². The van der Waals surface area contributed by atoms with E-state index in [2.05, 4.69) is 20.2 Å². The third-order valence-corrected chi connectivity index (χ3v) is 1.59. The zero-order chi connectivity index (χ0) is 8.27. The number of carbonyl (C=O) groups is 1. The molecule has 1 heterocycles. The number of hydrazine groups is 1. The van der Waals surface area contributed by atoms with E-state index in [-0.39, 0.29) is 5.91 Å². The van der Waals surface area contributed by atoms with Crippen LogP contribution in [0.25, 0.3) is 0 Å². The Morgan fingerprint density at radius 3 is 2.82 bits per heavy atom. The molecule has 0 unspecified atom stereocenters. The molecule has 1 amide bonds. The quantitative estimate of drug-likeness (QED) is 0.630. The summed E-state index contributed by atoms with van der Waals surface area (Å²) in [6, 6.07) is 0. The van der Waals surface area contributed by atoms with Crippen molar-refractivity contribution in [2.45, 2.75) is 13.8 Å². The van der Waals surface area contributed by atoms with Gasteiger partial charge in [0.15, 0.2) is 0 Å². The molecule has 2 N–H and O–H groups in total. The van der Waals surface area contributed by atoms with Crippen LogP contribution in [0.5, 0.6) is 0 Å². The van der Waals surface area contributed by atoms with Gasteiger partial charge in [-0.25, -0.2) is 4.98 Å². The molecule has 0 aliphatic heterocycles. The van der Waals surface area contributed by atoms with Crippen LogP contribution in [0.2, 0.25) is 0 Å². The molecule has 0 atom stereocenters. The molecule has 0 fully saturated rings. The van der Waals surface area contributed by atoms with Crippen molar-refractivity contribution in [3.63, 3.8) is 0 Å². The smallest absolute Gasteiger partial charge is 0.235 e. The number of rotatable bonds is 2. The lowest BCUT2D eigenvalue weighted by Gasteiger charge is -1.98. The first-order chi connectivity index (χ1) is 5.18. The summed E-state index contributed by atoms with van der Waals surface area (Å²) in [4.78, 5) is 14.4. The molecular formula is C5H8N4OS. The molecule has 0 bridgehead atoms. The molecule has 5 nitrogen and oxygen atoms in total. The van der Waals surface area contributed by atoms with Crippen LogP contribution in [0.15, 0.2) is 0 Å². The van der Waals surface area contributed by atoms with E-state index in [1.165, 1.54) is 18.5 Å². The molecule has 1 aromatic heterocycles. The number of anilines is 1. The first kappa shape index (κ1) is 7.93. The molecular weight excluding hydrogens is 164 g/mol. The third kappa shape index (κ3) is 2.50. The van der Waals surface area contributed by atoms with Crippen LogP contribution < -0.4 is 10.9 Å². The second kappa shape index (κ2) is 3.29. The molecule has 1 aromatic rings. The van der Waals surface area contributed by atoms with Crippen LogP contribution in [0.4, 0.5) is 5.13 Å². The Hall–Kier alpha value is -1.17. The average Bonchev–Trinajstić information content (AvgIpc) is 2.31. The molecule has 0 radical (unpaired) electrons. The number of hydrogen-bond acceptors (Lipinski definition) is 5. The normalized spacial score (nSPS) is 9.27. The van der Waals surface area contributed by atoms with Crippen molar-refractivity contribution in [1.29, 1.82) is 0 Å². The van der Waals surface area contributed by atoms with E-state index >= 15 is 0 Å². The Kier molecular flexibility index (Phi) is 2.37. The largest absolute Gasteiger partial charge is 0.274 e. The zero-order valence-electron chi connectivity index (χ0n) is 6.21. The lowest BCUT2D eigenvalue weighted by atomic mass is 10.7. The molecule has 0 spiro atoms. The highest BCUT2D eigenvalue weighted by Crippen LogP contribution is 2.07. The standard InChI is InChI=1S/C5H8N4OS/c1-3-6-5(11-9-3)8-7-4(2)10/h1-2H3,(H,7,10)(H,6,8,9). The number of amides is 1. The molecule has 0 aliphatic carbocycles. The number of nitrogens with zero attached hydrogens (tertiary/aromatic N) is 2. The fraction of sp³-hybridized carbons (Fsp3) is 0.400. The number of aromatic nitrogens is 2. The summed E-state index contributed by atoms with van der Waals surface area (Å²) in [5.41, 5.74) is 5.00. The van der Waals surface area contributed by atoms with E-state index < -0.39 is 0 Å². The van der Waals surface area contributed by atoms with E-state index in [9.17, 15) is 4.79 Å². The first-order valence-electron chi connectivity index (χ1n) is 3.01. The molecule has 1 rings (SSSR count). The van der Waals surface area contributed by atoms with E-state index in [0.717, 1.165) is 0 Å². The fourth-order valence-corrected chi connectivity index (χ4v) is 1.02. The summed E-state index contributed by atoms with van der Waals surface area (Å²) in [6.45, 7) is 3.20. The van der Waals surface area contributed by atoms with Gasteiger partial charge in [0.2, 0.25) is 11.0 Å². The minimum atomic E-state index is -0.155. The van der Waals surface area contributed by atoms with Gasteiger partial charge in [0.25, 0.3) is 0 Å². The van der Waals surface area contributed by atoms with Gasteiger partial charge < -0.3 is 0 Å². The topological polar surface area (TPSA) is 66.9 Å². The van der Waals surface area contributed by atoms with Crippen molar-refractivity contribution in [3.8, 4) is 0 Å². The first-order valence-corrected chi connectivity index (χ1v) is 3.79. The van der Waals surface area contributed by atoms with Gasteiger partial charge in [0.05, 0.1) is 0 Å². The van der Waals surface area contributed by atoms with Gasteiger partial charge in [-0.1, -0.05) is 0 Å². The fourth-order valence-electron chi connectivity index (χ4n) is 0.489. The van der Waals surface area contributed by atoms with Crippen LogP contribution in [-0.2, 0) is 4.79 Å². The summed E-state index contributed by atoms with van der Waals surface area (Å²) in [6.07, 6.45) is 0. The average molecular weight is 172 g/mol. The summed E-state index contributed by atoms with van der Waals surface area (Å²) < 4.78 is 3.91. The minimum Gasteiger partial charge on any atom is -0.274 e. The summed E-state index contributed by atoms with van der Waals surface area (Å²) in [7, 11) is 0. The zero-order valence-corrected chi connectivity index (χ0v) is 7.03. The van der Waals surface area contributed by atoms with Gasteiger partial charge in [0.1, 0.15) is 5.82 Å². The Labute approximate surface area is 68.0 Å². The molecule has 0 saturated carbocycles. The monoisotopic (exact) mass is 172 g/mol. The lowest BCUT2D eigenvalue weighted by molar-refractivity contribution is -0.118. The van der Waals surface area contributed by atoms with Gasteiger partial charge in [-0.05, 0) is 6.92 Å². The molecule has 0 aliphatic rings. The highest BCUT2D eigenvalue weighted by molar-refractivity contribution is 7.09. The van der Waals surface area contributed by atoms with Crippen LogP contribution in [0.3, 0.4) is 0 Å². The van der Waals surface area contributed by atoms with Crippen LogP contribution in [0, 0.1) is 6.92 Å². The van der Waals surface area contributed by atoms with Crippen molar-refractivity contribution in [3.05, 3.63) is 5.82 Å². The molecule has 0 saturated heterocycles. The maximum atomic E-state index is 10.4. The summed E-state index contributed by atoms with van der Waals surface area (Å²) in [5, 5.41) is 0.595. The Morgan fingerprint density at radius 1 is 1.64 bits per heavy atom. The lowest BCUT2D eigenvalue weighted by Crippen LogP contribution is -2.26. The van der Waals surface area contributed by atoms with Gasteiger partial charge in [0, 0.05) is 18.5 Å². The van der Waals surface area contributed by atoms with E-state index in [0.29, 0.717) is 11.0 Å². The Bertz CT molecular complexity index is 259. The van der Waals surface area contributed by atoms with Crippen molar-refractivity contribution in [1.82, 2.24) is 14.8 Å². The van der Waals surface area contributed by atoms with Gasteiger partial charge in [-0.15, -0.1) is 0 Å². The summed E-state index contributed by atoms with van der Waals surface area (Å²) in [5.74, 6) is 0.542. The van der Waals surface area contributed by atoms with Gasteiger partial charge in [-0.3, -0.25) is 15.6 Å². The second-order valence-corrected chi connectivity index (χ2v) is 2.70. The summed E-state index contributed by atoms with van der Waals surface area (Å²) >= 11 is 1.20. The van der Waals surface area contributed by atoms with Gasteiger partial charge in [-0.2, -0.15) is 4.37 Å².